The lowest BCUT2D eigenvalue weighted by atomic mass is 10.0. The number of furan rings is 1. The molecular formula is C20H19ClO3. The number of aryl methyl sites for hydroxylation is 1. The smallest absolute Gasteiger partial charge is 0.339 e. The van der Waals surface area contributed by atoms with Crippen LogP contribution >= 0.6 is 11.6 Å². The Bertz CT molecular complexity index is 916. The molecule has 0 bridgehead atoms. The van der Waals surface area contributed by atoms with Crippen molar-refractivity contribution < 1.29 is 13.9 Å². The zero-order valence-corrected chi connectivity index (χ0v) is 14.9. The average molecular weight is 343 g/mol. The van der Waals surface area contributed by atoms with Gasteiger partial charge in [0.2, 0.25) is 5.22 Å². The van der Waals surface area contributed by atoms with E-state index >= 15 is 0 Å². The third kappa shape index (κ3) is 3.17. The number of rotatable bonds is 2. The number of benzene rings is 2. The second-order valence-electron chi connectivity index (χ2n) is 6.80. The second-order valence-corrected chi connectivity index (χ2v) is 7.14. The van der Waals surface area contributed by atoms with E-state index in [1.165, 1.54) is 0 Å². The maximum atomic E-state index is 12.6. The Balaban J connectivity index is 2.16. The molecule has 1 heterocycles. The lowest BCUT2D eigenvalue weighted by molar-refractivity contribution is 0.00703. The Kier molecular flexibility index (Phi) is 4.14. The van der Waals surface area contributed by atoms with Crippen LogP contribution in [0.5, 0.6) is 0 Å². The molecule has 4 heteroatoms. The minimum Gasteiger partial charge on any atom is -0.456 e. The summed E-state index contributed by atoms with van der Waals surface area (Å²) in [6.07, 6.45) is 0. The molecule has 0 saturated carbocycles. The summed E-state index contributed by atoms with van der Waals surface area (Å²) >= 11 is 6.26. The number of halogens is 1. The van der Waals surface area contributed by atoms with Gasteiger partial charge in [0.25, 0.3) is 0 Å². The lowest BCUT2D eigenvalue weighted by Crippen LogP contribution is -2.24. The highest BCUT2D eigenvalue weighted by atomic mass is 35.5. The van der Waals surface area contributed by atoms with Gasteiger partial charge in [0.05, 0.1) is 5.56 Å². The normalized spacial score (nSPS) is 11.7. The summed E-state index contributed by atoms with van der Waals surface area (Å²) in [4.78, 5) is 12.6. The van der Waals surface area contributed by atoms with Gasteiger partial charge in [0, 0.05) is 16.3 Å². The van der Waals surface area contributed by atoms with E-state index in [1.54, 1.807) is 12.1 Å². The van der Waals surface area contributed by atoms with Crippen LogP contribution < -0.4 is 0 Å². The Labute approximate surface area is 146 Å². The van der Waals surface area contributed by atoms with Crippen LogP contribution in [0.15, 0.2) is 46.9 Å². The summed E-state index contributed by atoms with van der Waals surface area (Å²) in [5.74, 6) is 0.197. The number of ether oxygens (including phenoxy) is 1. The Morgan fingerprint density at radius 3 is 2.50 bits per heavy atom. The lowest BCUT2D eigenvalue weighted by Gasteiger charge is -2.20. The maximum absolute atomic E-state index is 12.6. The molecule has 2 aromatic carbocycles. The third-order valence-electron chi connectivity index (χ3n) is 3.61. The van der Waals surface area contributed by atoms with Crippen LogP contribution in [0.4, 0.5) is 0 Å². The van der Waals surface area contributed by atoms with Crippen LogP contribution in [0.25, 0.3) is 22.1 Å². The molecule has 0 atom stereocenters. The van der Waals surface area contributed by atoms with Crippen LogP contribution in [-0.2, 0) is 4.74 Å². The van der Waals surface area contributed by atoms with Crippen molar-refractivity contribution in [1.29, 1.82) is 0 Å². The molecule has 0 fully saturated rings. The Hall–Kier alpha value is -2.26. The zero-order chi connectivity index (χ0) is 17.5. The molecule has 3 aromatic rings. The van der Waals surface area contributed by atoms with Crippen molar-refractivity contribution >= 4 is 28.3 Å². The molecule has 24 heavy (non-hydrogen) atoms. The number of esters is 1. The van der Waals surface area contributed by atoms with Gasteiger partial charge in [0.15, 0.2) is 0 Å². The van der Waals surface area contributed by atoms with Crippen molar-refractivity contribution in [3.8, 4) is 11.3 Å². The van der Waals surface area contributed by atoms with Crippen molar-refractivity contribution in [2.75, 3.05) is 0 Å². The van der Waals surface area contributed by atoms with Gasteiger partial charge in [-0.1, -0.05) is 35.9 Å². The summed E-state index contributed by atoms with van der Waals surface area (Å²) in [6.45, 7) is 7.53. The summed E-state index contributed by atoms with van der Waals surface area (Å²) < 4.78 is 11.3. The van der Waals surface area contributed by atoms with Crippen molar-refractivity contribution in [1.82, 2.24) is 0 Å². The monoisotopic (exact) mass is 342 g/mol. The van der Waals surface area contributed by atoms with Gasteiger partial charge in [-0.15, -0.1) is 0 Å². The van der Waals surface area contributed by atoms with Crippen LogP contribution in [0.3, 0.4) is 0 Å². The minimum absolute atomic E-state index is 0.322. The highest BCUT2D eigenvalue weighted by Crippen LogP contribution is 2.38. The summed E-state index contributed by atoms with van der Waals surface area (Å²) in [5, 5.41) is 2.04. The zero-order valence-electron chi connectivity index (χ0n) is 14.1. The molecular weight excluding hydrogens is 324 g/mol. The summed E-state index contributed by atoms with van der Waals surface area (Å²) in [7, 11) is 0. The van der Waals surface area contributed by atoms with Gasteiger partial charge in [0.1, 0.15) is 11.4 Å². The van der Waals surface area contributed by atoms with E-state index in [4.69, 9.17) is 20.8 Å². The van der Waals surface area contributed by atoms with Gasteiger partial charge < -0.3 is 9.15 Å². The average Bonchev–Trinajstić information content (AvgIpc) is 2.82. The van der Waals surface area contributed by atoms with Crippen molar-refractivity contribution in [2.45, 2.75) is 33.3 Å². The first-order chi connectivity index (χ1) is 11.3. The van der Waals surface area contributed by atoms with Crippen LogP contribution in [-0.4, -0.2) is 11.6 Å². The molecule has 0 aliphatic carbocycles. The largest absolute Gasteiger partial charge is 0.456 e. The quantitative estimate of drug-likeness (QED) is 0.535. The molecule has 1 aromatic heterocycles. The Morgan fingerprint density at radius 1 is 1.08 bits per heavy atom. The van der Waals surface area contributed by atoms with Gasteiger partial charge in [-0.2, -0.15) is 0 Å². The fourth-order valence-electron chi connectivity index (χ4n) is 2.61. The summed E-state index contributed by atoms with van der Waals surface area (Å²) in [6, 6.07) is 13.2. The van der Waals surface area contributed by atoms with E-state index in [1.807, 2.05) is 58.0 Å². The van der Waals surface area contributed by atoms with E-state index in [9.17, 15) is 4.79 Å². The minimum atomic E-state index is -0.565. The van der Waals surface area contributed by atoms with E-state index in [0.29, 0.717) is 22.1 Å². The molecule has 0 N–H and O–H groups in total. The van der Waals surface area contributed by atoms with Crippen molar-refractivity contribution in [2.24, 2.45) is 0 Å². The first kappa shape index (κ1) is 16.6. The molecule has 0 amide bonds. The highest BCUT2D eigenvalue weighted by molar-refractivity contribution is 6.34. The number of hydrogen-bond acceptors (Lipinski definition) is 3. The first-order valence-corrected chi connectivity index (χ1v) is 8.15. The molecule has 0 unspecified atom stereocenters. The van der Waals surface area contributed by atoms with Crippen molar-refractivity contribution in [3.05, 3.63) is 58.8 Å². The first-order valence-electron chi connectivity index (χ1n) is 7.77. The fraction of sp³-hybridized carbons (Fsp3) is 0.250. The van der Waals surface area contributed by atoms with Crippen LogP contribution in [0.2, 0.25) is 5.22 Å². The van der Waals surface area contributed by atoms with E-state index in [2.05, 4.69) is 0 Å². The molecule has 0 saturated heterocycles. The predicted molar refractivity (Wildman–Crippen MR) is 96.6 cm³/mol. The summed E-state index contributed by atoms with van der Waals surface area (Å²) in [5.41, 5.74) is 1.66. The highest BCUT2D eigenvalue weighted by Gasteiger charge is 2.23. The SMILES string of the molecule is Cc1ccc2c(-c3ccccc3C(=O)OC(C)(C)C)oc(Cl)c2c1. The number of carbonyl (C=O) groups is 1. The third-order valence-corrected chi connectivity index (χ3v) is 3.89. The number of hydrogen-bond donors (Lipinski definition) is 0. The Morgan fingerprint density at radius 2 is 1.79 bits per heavy atom. The van der Waals surface area contributed by atoms with Gasteiger partial charge in [-0.3, -0.25) is 0 Å². The van der Waals surface area contributed by atoms with Crippen molar-refractivity contribution in [3.63, 3.8) is 0 Å². The topological polar surface area (TPSA) is 39.4 Å². The maximum Gasteiger partial charge on any atom is 0.339 e. The fourth-order valence-corrected chi connectivity index (χ4v) is 2.84. The predicted octanol–water partition coefficient (Wildman–Crippen LogP) is 6.02. The van der Waals surface area contributed by atoms with Crippen LogP contribution in [0.1, 0.15) is 36.7 Å². The molecule has 124 valence electrons. The van der Waals surface area contributed by atoms with Gasteiger partial charge in [-0.05, 0) is 51.4 Å². The molecule has 0 spiro atoms. The molecule has 0 aliphatic heterocycles. The second kappa shape index (κ2) is 5.99. The molecule has 3 nitrogen and oxygen atoms in total. The van der Waals surface area contributed by atoms with E-state index in [-0.39, 0.29) is 5.97 Å². The van der Waals surface area contributed by atoms with Gasteiger partial charge in [-0.25, -0.2) is 4.79 Å². The van der Waals surface area contributed by atoms with E-state index in [0.717, 1.165) is 16.3 Å². The molecule has 0 radical (unpaired) electrons. The van der Waals surface area contributed by atoms with Crippen LogP contribution in [0, 0.1) is 6.92 Å². The standard InChI is InChI=1S/C20H19ClO3/c1-12-9-10-14-16(11-12)18(21)23-17(14)13-7-5-6-8-15(13)19(22)24-20(2,3)4/h5-11H,1-4H3. The van der Waals surface area contributed by atoms with E-state index < -0.39 is 5.60 Å². The molecule has 3 rings (SSSR count). The number of carbonyl (C=O) groups excluding carboxylic acids is 1. The number of fused-ring (bicyclic) bond motifs is 1. The molecule has 0 aliphatic rings. The van der Waals surface area contributed by atoms with Gasteiger partial charge >= 0.3 is 5.97 Å².